The van der Waals surface area contributed by atoms with Crippen LogP contribution >= 0.6 is 0 Å². The maximum absolute atomic E-state index is 11.4. The van der Waals surface area contributed by atoms with Gasteiger partial charge in [0.05, 0.1) is 12.0 Å². The quantitative estimate of drug-likeness (QED) is 0.562. The minimum Gasteiger partial charge on any atom is -0.481 e. The van der Waals surface area contributed by atoms with E-state index in [0.29, 0.717) is 0 Å². The van der Waals surface area contributed by atoms with E-state index in [0.717, 1.165) is 12.8 Å². The molecule has 0 radical (unpaired) electrons. The molecule has 6 heteroatoms. The third-order valence-corrected chi connectivity index (χ3v) is 4.49. The SMILES string of the molecule is CCC(CC)C(NC(C)=O)C1C(N)CC(C(=O)O)C1O. The summed E-state index contributed by atoms with van der Waals surface area (Å²) >= 11 is 0. The van der Waals surface area contributed by atoms with E-state index < -0.39 is 30.0 Å². The lowest BCUT2D eigenvalue weighted by Gasteiger charge is -2.35. The summed E-state index contributed by atoms with van der Waals surface area (Å²) in [4.78, 5) is 22.6. The number of aliphatic hydroxyl groups is 1. The number of carboxylic acid groups (broad SMARTS) is 1. The molecule has 0 aromatic rings. The van der Waals surface area contributed by atoms with E-state index in [1.54, 1.807) is 0 Å². The molecule has 1 amide bonds. The van der Waals surface area contributed by atoms with Gasteiger partial charge in [-0.15, -0.1) is 0 Å². The highest BCUT2D eigenvalue weighted by molar-refractivity contribution is 5.74. The topological polar surface area (TPSA) is 113 Å². The highest BCUT2D eigenvalue weighted by Crippen LogP contribution is 2.36. The average molecular weight is 286 g/mol. The normalized spacial score (nSPS) is 31.3. The Labute approximate surface area is 119 Å². The molecule has 1 aliphatic rings. The minimum absolute atomic E-state index is 0.178. The van der Waals surface area contributed by atoms with E-state index in [4.69, 9.17) is 10.8 Å². The number of nitrogens with two attached hydrogens (primary N) is 1. The number of carbonyl (C=O) groups excluding carboxylic acids is 1. The summed E-state index contributed by atoms with van der Waals surface area (Å²) in [6.45, 7) is 5.46. The molecule has 1 fully saturated rings. The van der Waals surface area contributed by atoms with Gasteiger partial charge in [0.1, 0.15) is 0 Å². The molecule has 116 valence electrons. The van der Waals surface area contributed by atoms with E-state index in [1.807, 2.05) is 13.8 Å². The molecule has 0 heterocycles. The number of aliphatic carboxylic acids is 1. The Kier molecular flexibility index (Phi) is 5.95. The van der Waals surface area contributed by atoms with Crippen LogP contribution in [-0.4, -0.2) is 40.3 Å². The molecule has 5 N–H and O–H groups in total. The van der Waals surface area contributed by atoms with Crippen LogP contribution in [0.25, 0.3) is 0 Å². The van der Waals surface area contributed by atoms with Crippen LogP contribution in [0.3, 0.4) is 0 Å². The Hall–Kier alpha value is -1.14. The predicted octanol–water partition coefficient (Wildman–Crippen LogP) is 0.336. The molecule has 5 unspecified atom stereocenters. The number of rotatable bonds is 6. The van der Waals surface area contributed by atoms with Crippen molar-refractivity contribution in [1.29, 1.82) is 0 Å². The van der Waals surface area contributed by atoms with Gasteiger partial charge in [-0.25, -0.2) is 0 Å². The van der Waals surface area contributed by atoms with E-state index in [1.165, 1.54) is 6.92 Å². The second kappa shape index (κ2) is 7.04. The zero-order valence-electron chi connectivity index (χ0n) is 12.4. The summed E-state index contributed by atoms with van der Waals surface area (Å²) in [6.07, 6.45) is 0.918. The fraction of sp³-hybridized carbons (Fsp3) is 0.857. The molecule has 20 heavy (non-hydrogen) atoms. The number of carboxylic acids is 1. The van der Waals surface area contributed by atoms with Crippen LogP contribution in [-0.2, 0) is 9.59 Å². The van der Waals surface area contributed by atoms with Crippen molar-refractivity contribution < 1.29 is 19.8 Å². The molecular formula is C14H26N2O4. The zero-order chi connectivity index (χ0) is 15.4. The first-order valence-electron chi connectivity index (χ1n) is 7.26. The molecule has 0 aromatic heterocycles. The summed E-state index contributed by atoms with van der Waals surface area (Å²) in [5.41, 5.74) is 6.05. The summed E-state index contributed by atoms with van der Waals surface area (Å²) < 4.78 is 0. The Balaban J connectivity index is 3.00. The predicted molar refractivity (Wildman–Crippen MR) is 74.9 cm³/mol. The van der Waals surface area contributed by atoms with Gasteiger partial charge in [-0.3, -0.25) is 9.59 Å². The van der Waals surface area contributed by atoms with Crippen LogP contribution < -0.4 is 11.1 Å². The van der Waals surface area contributed by atoms with Crippen LogP contribution in [0.5, 0.6) is 0 Å². The second-order valence-corrected chi connectivity index (χ2v) is 5.72. The molecule has 1 aliphatic carbocycles. The lowest BCUT2D eigenvalue weighted by molar-refractivity contribution is -0.145. The van der Waals surface area contributed by atoms with Crippen LogP contribution in [0.4, 0.5) is 0 Å². The summed E-state index contributed by atoms with van der Waals surface area (Å²) in [7, 11) is 0. The lowest BCUT2D eigenvalue weighted by atomic mass is 9.80. The summed E-state index contributed by atoms with van der Waals surface area (Å²) in [6, 6.07) is -0.694. The van der Waals surface area contributed by atoms with E-state index in [-0.39, 0.29) is 24.3 Å². The molecule has 0 saturated heterocycles. The van der Waals surface area contributed by atoms with Gasteiger partial charge in [0.25, 0.3) is 0 Å². The highest BCUT2D eigenvalue weighted by atomic mass is 16.4. The third kappa shape index (κ3) is 3.49. The molecule has 6 nitrogen and oxygen atoms in total. The number of carbonyl (C=O) groups is 2. The number of hydrogen-bond acceptors (Lipinski definition) is 4. The van der Waals surface area contributed by atoms with Gasteiger partial charge < -0.3 is 21.3 Å². The zero-order valence-corrected chi connectivity index (χ0v) is 12.4. The molecule has 0 spiro atoms. The molecular weight excluding hydrogens is 260 g/mol. The molecule has 1 rings (SSSR count). The largest absolute Gasteiger partial charge is 0.481 e. The smallest absolute Gasteiger partial charge is 0.309 e. The van der Waals surface area contributed by atoms with Crippen molar-refractivity contribution in [3.05, 3.63) is 0 Å². The Morgan fingerprint density at radius 3 is 2.25 bits per heavy atom. The van der Waals surface area contributed by atoms with Crippen molar-refractivity contribution in [3.63, 3.8) is 0 Å². The van der Waals surface area contributed by atoms with Gasteiger partial charge in [0, 0.05) is 24.9 Å². The Morgan fingerprint density at radius 1 is 1.35 bits per heavy atom. The van der Waals surface area contributed by atoms with Gasteiger partial charge in [0.2, 0.25) is 5.91 Å². The molecule has 0 bridgehead atoms. The number of hydrogen-bond donors (Lipinski definition) is 4. The van der Waals surface area contributed by atoms with Gasteiger partial charge in [-0.2, -0.15) is 0 Å². The number of aliphatic hydroxyl groups excluding tert-OH is 1. The fourth-order valence-electron chi connectivity index (χ4n) is 3.40. The summed E-state index contributed by atoms with van der Waals surface area (Å²) in [5.74, 6) is -2.29. The second-order valence-electron chi connectivity index (χ2n) is 5.72. The Bertz CT molecular complexity index is 357. The van der Waals surface area contributed by atoms with Gasteiger partial charge in [-0.1, -0.05) is 26.7 Å². The molecule has 1 saturated carbocycles. The first-order valence-corrected chi connectivity index (χ1v) is 7.26. The van der Waals surface area contributed by atoms with Gasteiger partial charge in [0.15, 0.2) is 0 Å². The van der Waals surface area contributed by atoms with Gasteiger partial charge >= 0.3 is 5.97 Å². The molecule has 0 aromatic carbocycles. The number of nitrogens with one attached hydrogen (secondary N) is 1. The van der Waals surface area contributed by atoms with Crippen molar-refractivity contribution in [3.8, 4) is 0 Å². The first kappa shape index (κ1) is 16.9. The minimum atomic E-state index is -1.03. The maximum atomic E-state index is 11.4. The monoisotopic (exact) mass is 286 g/mol. The molecule has 0 aliphatic heterocycles. The van der Waals surface area contributed by atoms with Gasteiger partial charge in [-0.05, 0) is 12.3 Å². The van der Waals surface area contributed by atoms with Crippen molar-refractivity contribution in [2.75, 3.05) is 0 Å². The van der Waals surface area contributed by atoms with Crippen molar-refractivity contribution >= 4 is 11.9 Å². The fourth-order valence-corrected chi connectivity index (χ4v) is 3.40. The Morgan fingerprint density at radius 2 is 1.90 bits per heavy atom. The van der Waals surface area contributed by atoms with Crippen LogP contribution in [0.2, 0.25) is 0 Å². The lowest BCUT2D eigenvalue weighted by Crippen LogP contribution is -2.52. The van der Waals surface area contributed by atoms with Crippen molar-refractivity contribution in [2.45, 2.75) is 58.2 Å². The van der Waals surface area contributed by atoms with Crippen LogP contribution in [0.15, 0.2) is 0 Å². The molecule has 5 atom stereocenters. The van der Waals surface area contributed by atoms with E-state index in [9.17, 15) is 14.7 Å². The van der Waals surface area contributed by atoms with E-state index >= 15 is 0 Å². The average Bonchev–Trinajstić information content (AvgIpc) is 2.65. The third-order valence-electron chi connectivity index (χ3n) is 4.49. The van der Waals surface area contributed by atoms with Crippen LogP contribution in [0.1, 0.15) is 40.0 Å². The number of amides is 1. The van der Waals surface area contributed by atoms with Crippen molar-refractivity contribution in [1.82, 2.24) is 5.32 Å². The maximum Gasteiger partial charge on any atom is 0.309 e. The van der Waals surface area contributed by atoms with Crippen molar-refractivity contribution in [2.24, 2.45) is 23.5 Å². The standard InChI is InChI=1S/C14H26N2O4/c1-4-8(5-2)12(16-7(3)17)11-10(15)6-9(13(11)18)14(19)20/h8-13,18H,4-6,15H2,1-3H3,(H,16,17)(H,19,20). The highest BCUT2D eigenvalue weighted by Gasteiger charge is 2.49. The van der Waals surface area contributed by atoms with E-state index in [2.05, 4.69) is 5.32 Å². The summed E-state index contributed by atoms with van der Waals surface area (Å²) in [5, 5.41) is 22.3. The first-order chi connectivity index (χ1) is 9.33. The van der Waals surface area contributed by atoms with Crippen LogP contribution in [0, 0.1) is 17.8 Å².